The number of carbonyl (C=O) groups excluding carboxylic acids is 1. The van der Waals surface area contributed by atoms with E-state index in [9.17, 15) is 4.79 Å². The van der Waals surface area contributed by atoms with Gasteiger partial charge in [0.1, 0.15) is 5.60 Å². The molecule has 2 aliphatic rings. The molecular weight excluding hydrogens is 278 g/mol. The first-order chi connectivity index (χ1) is 10.2. The summed E-state index contributed by atoms with van der Waals surface area (Å²) in [5.41, 5.74) is -0.418. The molecule has 1 amide bonds. The second-order valence-electron chi connectivity index (χ2n) is 8.37. The highest BCUT2D eigenvalue weighted by Gasteiger charge is 2.37. The van der Waals surface area contributed by atoms with E-state index in [1.54, 1.807) is 0 Å². The number of piperazine rings is 1. The van der Waals surface area contributed by atoms with Crippen LogP contribution in [-0.2, 0) is 4.74 Å². The zero-order chi connectivity index (χ0) is 16.4. The Morgan fingerprint density at radius 3 is 2.59 bits per heavy atom. The number of nitrogens with one attached hydrogen (secondary N) is 1. The number of amides is 1. The lowest BCUT2D eigenvalue weighted by Crippen LogP contribution is -2.62. The van der Waals surface area contributed by atoms with Gasteiger partial charge in [-0.25, -0.2) is 4.79 Å². The van der Waals surface area contributed by atoms with Gasteiger partial charge in [-0.15, -0.1) is 0 Å². The van der Waals surface area contributed by atoms with Crippen molar-refractivity contribution in [3.8, 4) is 0 Å². The number of carbonyl (C=O) groups is 1. The molecule has 2 aliphatic heterocycles. The fourth-order valence-corrected chi connectivity index (χ4v) is 3.40. The van der Waals surface area contributed by atoms with Crippen LogP contribution in [0.3, 0.4) is 0 Å². The van der Waals surface area contributed by atoms with Crippen molar-refractivity contribution >= 4 is 6.09 Å². The highest BCUT2D eigenvalue weighted by atomic mass is 16.6. The molecule has 1 atom stereocenters. The summed E-state index contributed by atoms with van der Waals surface area (Å²) < 4.78 is 5.51. The van der Waals surface area contributed by atoms with Gasteiger partial charge in [0.2, 0.25) is 0 Å². The predicted molar refractivity (Wildman–Crippen MR) is 89.1 cm³/mol. The van der Waals surface area contributed by atoms with Crippen LogP contribution < -0.4 is 5.32 Å². The third kappa shape index (κ3) is 4.85. The molecular formula is C17H33N3O2. The smallest absolute Gasteiger partial charge is 0.410 e. The van der Waals surface area contributed by atoms with Gasteiger partial charge in [-0.2, -0.15) is 0 Å². The molecule has 5 heteroatoms. The van der Waals surface area contributed by atoms with Gasteiger partial charge in [-0.05, 0) is 66.5 Å². The summed E-state index contributed by atoms with van der Waals surface area (Å²) in [6.07, 6.45) is 2.41. The second kappa shape index (κ2) is 6.75. The van der Waals surface area contributed by atoms with Crippen LogP contribution >= 0.6 is 0 Å². The largest absolute Gasteiger partial charge is 0.444 e. The Balaban J connectivity index is 1.89. The molecule has 1 N–H and O–H groups in total. The molecule has 0 spiro atoms. The summed E-state index contributed by atoms with van der Waals surface area (Å²) in [5, 5.41) is 3.49. The van der Waals surface area contributed by atoms with Crippen molar-refractivity contribution in [2.24, 2.45) is 5.92 Å². The number of nitrogens with zero attached hydrogens (tertiary/aromatic N) is 2. The summed E-state index contributed by atoms with van der Waals surface area (Å²) in [4.78, 5) is 16.7. The van der Waals surface area contributed by atoms with Crippen LogP contribution in [0, 0.1) is 5.92 Å². The minimum Gasteiger partial charge on any atom is -0.444 e. The zero-order valence-electron chi connectivity index (χ0n) is 14.9. The monoisotopic (exact) mass is 311 g/mol. The minimum absolute atomic E-state index is 0.00655. The average molecular weight is 311 g/mol. The minimum atomic E-state index is -0.424. The summed E-state index contributed by atoms with van der Waals surface area (Å²) in [6, 6.07) is 0. The van der Waals surface area contributed by atoms with Crippen LogP contribution in [0.5, 0.6) is 0 Å². The van der Waals surface area contributed by atoms with Crippen molar-refractivity contribution in [3.63, 3.8) is 0 Å². The molecule has 0 saturated carbocycles. The summed E-state index contributed by atoms with van der Waals surface area (Å²) in [7, 11) is 0. The predicted octanol–water partition coefficient (Wildman–Crippen LogP) is 2.32. The van der Waals surface area contributed by atoms with E-state index in [-0.39, 0.29) is 11.6 Å². The molecule has 0 aromatic rings. The molecule has 2 rings (SSSR count). The van der Waals surface area contributed by atoms with Gasteiger partial charge in [0, 0.05) is 31.7 Å². The highest BCUT2D eigenvalue weighted by Crippen LogP contribution is 2.25. The number of rotatable bonds is 2. The first-order valence-corrected chi connectivity index (χ1v) is 8.61. The molecule has 5 nitrogen and oxygen atoms in total. The van der Waals surface area contributed by atoms with E-state index in [0.717, 1.165) is 45.2 Å². The van der Waals surface area contributed by atoms with Gasteiger partial charge in [0.15, 0.2) is 0 Å². The van der Waals surface area contributed by atoms with E-state index in [4.69, 9.17) is 4.74 Å². The van der Waals surface area contributed by atoms with Crippen molar-refractivity contribution in [2.75, 3.05) is 39.3 Å². The first-order valence-electron chi connectivity index (χ1n) is 8.61. The topological polar surface area (TPSA) is 44.8 Å². The van der Waals surface area contributed by atoms with E-state index in [2.05, 4.69) is 24.1 Å². The van der Waals surface area contributed by atoms with Gasteiger partial charge >= 0.3 is 6.09 Å². The van der Waals surface area contributed by atoms with Crippen LogP contribution in [-0.4, -0.2) is 66.3 Å². The Morgan fingerprint density at radius 2 is 2.05 bits per heavy atom. The highest BCUT2D eigenvalue weighted by molar-refractivity contribution is 5.68. The summed E-state index contributed by atoms with van der Waals surface area (Å²) in [5.74, 6) is 0.737. The Bertz CT molecular complexity index is 384. The van der Waals surface area contributed by atoms with Gasteiger partial charge in [0.25, 0.3) is 0 Å². The lowest BCUT2D eigenvalue weighted by molar-refractivity contribution is -0.0204. The van der Waals surface area contributed by atoms with E-state index >= 15 is 0 Å². The van der Waals surface area contributed by atoms with Gasteiger partial charge in [-0.1, -0.05) is 0 Å². The Labute approximate surface area is 135 Å². The van der Waals surface area contributed by atoms with Gasteiger partial charge < -0.3 is 15.0 Å². The molecule has 2 heterocycles. The molecule has 0 aromatic heterocycles. The van der Waals surface area contributed by atoms with Crippen molar-refractivity contribution in [3.05, 3.63) is 0 Å². The molecule has 0 aliphatic carbocycles. The van der Waals surface area contributed by atoms with Crippen LogP contribution in [0.1, 0.15) is 47.5 Å². The summed E-state index contributed by atoms with van der Waals surface area (Å²) in [6.45, 7) is 16.1. The molecule has 0 aromatic carbocycles. The lowest BCUT2D eigenvalue weighted by atomic mass is 9.93. The molecule has 0 radical (unpaired) electrons. The van der Waals surface area contributed by atoms with Gasteiger partial charge in [-0.3, -0.25) is 4.90 Å². The SMILES string of the molecule is CC(C)(C)OC(=O)N1CCN(CC2CCCNC2)C(C)(C)C1. The van der Waals surface area contributed by atoms with Crippen LogP contribution in [0.2, 0.25) is 0 Å². The Morgan fingerprint density at radius 1 is 1.32 bits per heavy atom. The van der Waals surface area contributed by atoms with Gasteiger partial charge in [0.05, 0.1) is 0 Å². The average Bonchev–Trinajstić information content (AvgIpc) is 2.40. The zero-order valence-corrected chi connectivity index (χ0v) is 14.9. The first kappa shape index (κ1) is 17.5. The molecule has 22 heavy (non-hydrogen) atoms. The number of ether oxygens (including phenoxy) is 1. The van der Waals surface area contributed by atoms with Crippen LogP contribution in [0.4, 0.5) is 4.79 Å². The maximum Gasteiger partial charge on any atom is 0.410 e. The maximum atomic E-state index is 12.3. The quantitative estimate of drug-likeness (QED) is 0.850. The second-order valence-corrected chi connectivity index (χ2v) is 8.37. The molecule has 0 bridgehead atoms. The van der Waals surface area contributed by atoms with Crippen molar-refractivity contribution in [1.29, 1.82) is 0 Å². The maximum absolute atomic E-state index is 12.3. The fraction of sp³-hybridized carbons (Fsp3) is 0.941. The Hall–Kier alpha value is -0.810. The molecule has 2 saturated heterocycles. The third-order valence-corrected chi connectivity index (χ3v) is 4.60. The van der Waals surface area contributed by atoms with Crippen LogP contribution in [0.15, 0.2) is 0 Å². The standard InChI is InChI=1S/C17H33N3O2/c1-16(2,3)22-15(21)19-9-10-20(17(4,5)13-19)12-14-7-6-8-18-11-14/h14,18H,6-13H2,1-5H3. The fourth-order valence-electron chi connectivity index (χ4n) is 3.40. The summed E-state index contributed by atoms with van der Waals surface area (Å²) >= 11 is 0. The van der Waals surface area contributed by atoms with Crippen molar-refractivity contribution < 1.29 is 9.53 Å². The number of hydrogen-bond acceptors (Lipinski definition) is 4. The van der Waals surface area contributed by atoms with Crippen LogP contribution in [0.25, 0.3) is 0 Å². The lowest BCUT2D eigenvalue weighted by Gasteiger charge is -2.48. The number of piperidine rings is 1. The van der Waals surface area contributed by atoms with E-state index < -0.39 is 5.60 Å². The van der Waals surface area contributed by atoms with Crippen molar-refractivity contribution in [2.45, 2.75) is 58.6 Å². The van der Waals surface area contributed by atoms with E-state index in [1.165, 1.54) is 12.8 Å². The van der Waals surface area contributed by atoms with E-state index in [0.29, 0.717) is 0 Å². The van der Waals surface area contributed by atoms with E-state index in [1.807, 2.05) is 25.7 Å². The molecule has 1 unspecified atom stereocenters. The molecule has 128 valence electrons. The Kier molecular flexibility index (Phi) is 5.38. The molecule has 2 fully saturated rings. The normalized spacial score (nSPS) is 26.8. The number of hydrogen-bond donors (Lipinski definition) is 1. The van der Waals surface area contributed by atoms with Crippen molar-refractivity contribution in [1.82, 2.24) is 15.1 Å². The third-order valence-electron chi connectivity index (χ3n) is 4.60.